The van der Waals surface area contributed by atoms with E-state index in [4.69, 9.17) is 0 Å². The molecule has 0 fully saturated rings. The Morgan fingerprint density at radius 2 is 1.65 bits per heavy atom. The third kappa shape index (κ3) is 3.42. The third-order valence-corrected chi connectivity index (χ3v) is 5.99. The van der Waals surface area contributed by atoms with Gasteiger partial charge in [0, 0.05) is 30.1 Å². The number of fused-ring (bicyclic) bond motifs is 1. The van der Waals surface area contributed by atoms with Gasteiger partial charge in [-0.15, -0.1) is 0 Å². The van der Waals surface area contributed by atoms with Crippen molar-refractivity contribution >= 4 is 5.91 Å². The van der Waals surface area contributed by atoms with Crippen molar-refractivity contribution in [3.8, 4) is 11.3 Å². The molecule has 154 valence electrons. The van der Waals surface area contributed by atoms with Crippen molar-refractivity contribution in [3.05, 3.63) is 107 Å². The Bertz CT molecular complexity index is 1210. The molecule has 1 atom stereocenters. The van der Waals surface area contributed by atoms with Gasteiger partial charge in [-0.1, -0.05) is 61.0 Å². The van der Waals surface area contributed by atoms with Gasteiger partial charge in [-0.05, 0) is 42.2 Å². The molecule has 1 amide bonds. The summed E-state index contributed by atoms with van der Waals surface area (Å²) in [7, 11) is 0. The van der Waals surface area contributed by atoms with Crippen LogP contribution in [0.1, 0.15) is 51.3 Å². The summed E-state index contributed by atoms with van der Waals surface area (Å²) < 4.78 is 0. The maximum Gasteiger partial charge on any atom is 0.273 e. The van der Waals surface area contributed by atoms with Gasteiger partial charge >= 0.3 is 0 Å². The molecule has 1 unspecified atom stereocenters. The van der Waals surface area contributed by atoms with E-state index in [-0.39, 0.29) is 11.9 Å². The van der Waals surface area contributed by atoms with Crippen molar-refractivity contribution < 1.29 is 4.79 Å². The van der Waals surface area contributed by atoms with Crippen LogP contribution in [0.3, 0.4) is 0 Å². The fourth-order valence-corrected chi connectivity index (χ4v) is 4.26. The van der Waals surface area contributed by atoms with E-state index in [1.165, 1.54) is 11.1 Å². The fraction of sp³-hybridized carbons (Fsp3) is 0.192. The lowest BCUT2D eigenvalue weighted by atomic mass is 9.94. The summed E-state index contributed by atoms with van der Waals surface area (Å²) in [5.74, 6) is -0.0257. The standard InChI is InChI=1S/C26H24N4O/c1-3-18-6-10-21(11-7-18)25-22-23(20-8-4-17(2)5-9-20)28-29-24(22)26(31)30(25)16-19-12-14-27-15-13-19/h4-15,25H,3,16H2,1-2H3,(H,28,29). The van der Waals surface area contributed by atoms with Crippen LogP contribution in [-0.2, 0) is 13.0 Å². The Hall–Kier alpha value is -3.73. The highest BCUT2D eigenvalue weighted by Crippen LogP contribution is 2.43. The molecule has 31 heavy (non-hydrogen) atoms. The molecule has 1 aliphatic heterocycles. The van der Waals surface area contributed by atoms with Crippen LogP contribution in [0, 0.1) is 6.92 Å². The summed E-state index contributed by atoms with van der Waals surface area (Å²) in [5.41, 5.74) is 7.99. The second kappa shape index (κ2) is 7.84. The van der Waals surface area contributed by atoms with Crippen molar-refractivity contribution in [2.45, 2.75) is 32.9 Å². The van der Waals surface area contributed by atoms with Crippen molar-refractivity contribution in [2.24, 2.45) is 0 Å². The van der Waals surface area contributed by atoms with Crippen LogP contribution in [0.2, 0.25) is 0 Å². The first kappa shape index (κ1) is 19.2. The molecule has 5 nitrogen and oxygen atoms in total. The molecule has 3 heterocycles. The molecule has 1 N–H and O–H groups in total. The zero-order valence-corrected chi connectivity index (χ0v) is 17.7. The van der Waals surface area contributed by atoms with Crippen molar-refractivity contribution in [1.29, 1.82) is 0 Å². The van der Waals surface area contributed by atoms with Gasteiger partial charge < -0.3 is 4.90 Å². The van der Waals surface area contributed by atoms with Crippen molar-refractivity contribution in [1.82, 2.24) is 20.1 Å². The number of nitrogens with zero attached hydrogens (tertiary/aromatic N) is 3. The number of nitrogens with one attached hydrogen (secondary N) is 1. The van der Waals surface area contributed by atoms with E-state index in [0.717, 1.165) is 34.4 Å². The summed E-state index contributed by atoms with van der Waals surface area (Å²) >= 11 is 0. The number of amides is 1. The van der Waals surface area contributed by atoms with E-state index in [1.54, 1.807) is 12.4 Å². The number of pyridine rings is 1. The average molecular weight is 409 g/mol. The largest absolute Gasteiger partial charge is 0.322 e. The second-order valence-electron chi connectivity index (χ2n) is 8.01. The fourth-order valence-electron chi connectivity index (χ4n) is 4.26. The van der Waals surface area contributed by atoms with E-state index in [1.807, 2.05) is 17.0 Å². The number of H-pyrrole nitrogens is 1. The Morgan fingerprint density at radius 3 is 2.32 bits per heavy atom. The number of hydrogen-bond acceptors (Lipinski definition) is 3. The predicted octanol–water partition coefficient (Wildman–Crippen LogP) is 5.09. The molecule has 0 saturated carbocycles. The zero-order valence-electron chi connectivity index (χ0n) is 17.7. The van der Waals surface area contributed by atoms with Crippen LogP contribution < -0.4 is 0 Å². The van der Waals surface area contributed by atoms with E-state index >= 15 is 0 Å². The number of carbonyl (C=O) groups is 1. The first-order chi connectivity index (χ1) is 15.2. The van der Waals surface area contributed by atoms with Crippen LogP contribution in [0.15, 0.2) is 73.1 Å². The van der Waals surface area contributed by atoms with Crippen LogP contribution in [-0.4, -0.2) is 26.0 Å². The number of hydrogen-bond donors (Lipinski definition) is 1. The quantitative estimate of drug-likeness (QED) is 0.500. The number of carbonyl (C=O) groups excluding carboxylic acids is 1. The van der Waals surface area contributed by atoms with Gasteiger partial charge in [0.15, 0.2) is 0 Å². The van der Waals surface area contributed by atoms with E-state index in [0.29, 0.717) is 12.2 Å². The van der Waals surface area contributed by atoms with Gasteiger partial charge in [0.25, 0.3) is 5.91 Å². The number of aromatic amines is 1. The van der Waals surface area contributed by atoms with Crippen LogP contribution in [0.4, 0.5) is 0 Å². The van der Waals surface area contributed by atoms with Crippen LogP contribution >= 0.6 is 0 Å². The lowest BCUT2D eigenvalue weighted by Crippen LogP contribution is -2.29. The molecule has 0 radical (unpaired) electrons. The van der Waals surface area contributed by atoms with Crippen LogP contribution in [0.5, 0.6) is 0 Å². The predicted molar refractivity (Wildman–Crippen MR) is 121 cm³/mol. The molecule has 0 bridgehead atoms. The molecule has 4 aromatic rings. The first-order valence-electron chi connectivity index (χ1n) is 10.6. The number of aryl methyl sites for hydroxylation is 2. The van der Waals surface area contributed by atoms with Gasteiger partial charge in [-0.2, -0.15) is 5.10 Å². The van der Waals surface area contributed by atoms with Gasteiger partial charge in [0.2, 0.25) is 0 Å². The normalized spacial score (nSPS) is 15.4. The van der Waals surface area contributed by atoms with E-state index < -0.39 is 0 Å². The Balaban J connectivity index is 1.63. The van der Waals surface area contributed by atoms with Crippen molar-refractivity contribution in [2.75, 3.05) is 0 Å². The molecule has 0 spiro atoms. The number of rotatable bonds is 5. The minimum atomic E-state index is -0.198. The average Bonchev–Trinajstić information content (AvgIpc) is 3.35. The van der Waals surface area contributed by atoms with Gasteiger partial charge in [0.1, 0.15) is 5.69 Å². The smallest absolute Gasteiger partial charge is 0.273 e. The first-order valence-corrected chi connectivity index (χ1v) is 10.6. The van der Waals surface area contributed by atoms with Crippen LogP contribution in [0.25, 0.3) is 11.3 Å². The minimum Gasteiger partial charge on any atom is -0.322 e. The monoisotopic (exact) mass is 408 g/mol. The molecular formula is C26H24N4O. The summed E-state index contributed by atoms with van der Waals surface area (Å²) in [6.45, 7) is 4.72. The molecule has 2 aromatic carbocycles. The topological polar surface area (TPSA) is 61.9 Å². The number of aromatic nitrogens is 3. The molecule has 0 aliphatic carbocycles. The molecule has 5 rings (SSSR count). The second-order valence-corrected chi connectivity index (χ2v) is 8.01. The maximum absolute atomic E-state index is 13.4. The zero-order chi connectivity index (χ0) is 21.4. The molecule has 0 saturated heterocycles. The lowest BCUT2D eigenvalue weighted by Gasteiger charge is -2.26. The minimum absolute atomic E-state index is 0.0257. The SMILES string of the molecule is CCc1ccc(C2c3c(-c4ccc(C)cc4)n[nH]c3C(=O)N2Cc2ccncc2)cc1. The Labute approximate surface area is 181 Å². The van der Waals surface area contributed by atoms with E-state index in [9.17, 15) is 4.79 Å². The summed E-state index contributed by atoms with van der Waals surface area (Å²) in [6, 6.07) is 20.6. The number of benzene rings is 2. The van der Waals surface area contributed by atoms with E-state index in [2.05, 4.69) is 77.6 Å². The Kier molecular flexibility index (Phi) is 4.86. The van der Waals surface area contributed by atoms with Gasteiger partial charge in [0.05, 0.1) is 11.7 Å². The molecule has 5 heteroatoms. The Morgan fingerprint density at radius 1 is 0.935 bits per heavy atom. The highest BCUT2D eigenvalue weighted by Gasteiger charge is 2.42. The summed E-state index contributed by atoms with van der Waals surface area (Å²) in [4.78, 5) is 19.5. The lowest BCUT2D eigenvalue weighted by molar-refractivity contribution is 0.0730. The van der Waals surface area contributed by atoms with Gasteiger partial charge in [-0.3, -0.25) is 14.9 Å². The molecule has 2 aromatic heterocycles. The maximum atomic E-state index is 13.4. The van der Waals surface area contributed by atoms with Crippen molar-refractivity contribution in [3.63, 3.8) is 0 Å². The summed E-state index contributed by atoms with van der Waals surface area (Å²) in [5, 5.41) is 7.59. The summed E-state index contributed by atoms with van der Waals surface area (Å²) in [6.07, 6.45) is 4.51. The van der Waals surface area contributed by atoms with Gasteiger partial charge in [-0.25, -0.2) is 0 Å². The third-order valence-electron chi connectivity index (χ3n) is 5.99. The highest BCUT2D eigenvalue weighted by atomic mass is 16.2. The highest BCUT2D eigenvalue weighted by molar-refractivity contribution is 6.00. The molecular weight excluding hydrogens is 384 g/mol. The molecule has 1 aliphatic rings.